The van der Waals surface area contributed by atoms with Crippen LogP contribution in [0.25, 0.3) is 0 Å². The van der Waals surface area contributed by atoms with E-state index in [4.69, 9.17) is 9.47 Å². The van der Waals surface area contributed by atoms with E-state index >= 15 is 0 Å². The fraction of sp³-hybridized carbons (Fsp3) is 0.500. The Morgan fingerprint density at radius 1 is 1.33 bits per heavy atom. The van der Waals surface area contributed by atoms with E-state index in [0.717, 1.165) is 12.3 Å². The van der Waals surface area contributed by atoms with E-state index in [1.807, 2.05) is 0 Å². The van der Waals surface area contributed by atoms with E-state index in [0.29, 0.717) is 0 Å². The first kappa shape index (κ1) is 14.8. The van der Waals surface area contributed by atoms with Gasteiger partial charge in [-0.3, -0.25) is 4.79 Å². The number of methoxy groups -OCH3 is 2. The lowest BCUT2D eigenvalue weighted by Crippen LogP contribution is -2.43. The molecule has 1 atom stereocenters. The second kappa shape index (κ2) is 6.10. The van der Waals surface area contributed by atoms with Gasteiger partial charge in [-0.2, -0.15) is 0 Å². The molecule has 0 aliphatic carbocycles. The smallest absolute Gasteiger partial charge is 0.246 e. The highest BCUT2D eigenvalue weighted by atomic mass is 32.2. The van der Waals surface area contributed by atoms with Crippen LogP contribution in [0.4, 0.5) is 0 Å². The maximum Gasteiger partial charge on any atom is 0.246 e. The van der Waals surface area contributed by atoms with Crippen molar-refractivity contribution >= 4 is 10.0 Å². The van der Waals surface area contributed by atoms with Gasteiger partial charge in [0.2, 0.25) is 15.5 Å². The van der Waals surface area contributed by atoms with Crippen LogP contribution in [-0.2, 0) is 19.5 Å². The number of nitrogens with one attached hydrogen (secondary N) is 2. The second-order valence-corrected chi connectivity index (χ2v) is 5.30. The molecule has 1 aromatic rings. The lowest BCUT2D eigenvalue weighted by Gasteiger charge is -2.21. The standard InChI is InChI=1S/C10H16N2O5S/c1-7(10(16-2)17-3)12-18(14,15)9-6-11-5-4-8(9)13/h4-7,10,12H,1-3H3,(H,11,13). The first-order valence-electron chi connectivity index (χ1n) is 5.17. The van der Waals surface area contributed by atoms with E-state index < -0.39 is 27.8 Å². The Balaban J connectivity index is 2.96. The Morgan fingerprint density at radius 3 is 2.44 bits per heavy atom. The fourth-order valence-electron chi connectivity index (χ4n) is 1.48. The number of hydrogen-bond donors (Lipinski definition) is 2. The minimum absolute atomic E-state index is 0.345. The van der Waals surface area contributed by atoms with E-state index in [2.05, 4.69) is 9.71 Å². The van der Waals surface area contributed by atoms with Gasteiger partial charge in [-0.25, -0.2) is 13.1 Å². The molecule has 0 fully saturated rings. The Labute approximate surface area is 105 Å². The van der Waals surface area contributed by atoms with Crippen LogP contribution in [0.3, 0.4) is 0 Å². The van der Waals surface area contributed by atoms with Gasteiger partial charge in [-0.05, 0) is 6.92 Å². The minimum atomic E-state index is -3.91. The Kier molecular flexibility index (Phi) is 5.03. The largest absolute Gasteiger partial charge is 0.366 e. The lowest BCUT2D eigenvalue weighted by molar-refractivity contribution is -0.115. The minimum Gasteiger partial charge on any atom is -0.366 e. The number of rotatable bonds is 6. The Hall–Kier alpha value is -1.22. The first-order chi connectivity index (χ1) is 8.42. The molecule has 0 radical (unpaired) electrons. The van der Waals surface area contributed by atoms with Gasteiger partial charge in [-0.15, -0.1) is 0 Å². The molecule has 102 valence electrons. The van der Waals surface area contributed by atoms with Crippen LogP contribution in [0.1, 0.15) is 6.92 Å². The monoisotopic (exact) mass is 276 g/mol. The normalized spacial score (nSPS) is 13.8. The van der Waals surface area contributed by atoms with Crippen LogP contribution >= 0.6 is 0 Å². The summed E-state index contributed by atoms with van der Waals surface area (Å²) in [5, 5.41) is 0. The molecule has 0 saturated carbocycles. The fourth-order valence-corrected chi connectivity index (χ4v) is 2.76. The summed E-state index contributed by atoms with van der Waals surface area (Å²) >= 11 is 0. The van der Waals surface area contributed by atoms with E-state index in [-0.39, 0.29) is 4.90 Å². The summed E-state index contributed by atoms with van der Waals surface area (Å²) in [5.74, 6) is 0. The van der Waals surface area contributed by atoms with Crippen LogP contribution < -0.4 is 10.2 Å². The SMILES string of the molecule is COC(OC)C(C)NS(=O)(=O)c1c[nH]ccc1=O. The summed E-state index contributed by atoms with van der Waals surface area (Å²) in [6.07, 6.45) is 1.76. The number of pyridine rings is 1. The summed E-state index contributed by atoms with van der Waals surface area (Å²) < 4.78 is 36.1. The molecule has 1 unspecified atom stereocenters. The van der Waals surface area contributed by atoms with Crippen LogP contribution in [0.15, 0.2) is 28.2 Å². The molecule has 0 aliphatic heterocycles. The maximum atomic E-state index is 12.0. The third kappa shape index (κ3) is 3.39. The molecular weight excluding hydrogens is 260 g/mol. The van der Waals surface area contributed by atoms with Gasteiger partial charge in [0.05, 0.1) is 6.04 Å². The molecule has 18 heavy (non-hydrogen) atoms. The average Bonchev–Trinajstić information content (AvgIpc) is 2.30. The van der Waals surface area contributed by atoms with Gasteiger partial charge in [0, 0.05) is 32.7 Å². The molecule has 7 nitrogen and oxygen atoms in total. The molecule has 1 aromatic heterocycles. The molecule has 2 N–H and O–H groups in total. The number of H-pyrrole nitrogens is 1. The summed E-state index contributed by atoms with van der Waals surface area (Å²) in [4.78, 5) is 13.7. The van der Waals surface area contributed by atoms with Gasteiger partial charge < -0.3 is 14.5 Å². The Morgan fingerprint density at radius 2 is 1.94 bits per heavy atom. The highest BCUT2D eigenvalue weighted by Gasteiger charge is 2.25. The maximum absolute atomic E-state index is 12.0. The third-order valence-corrected chi connectivity index (χ3v) is 3.87. The Bertz CT molecular complexity index is 535. The van der Waals surface area contributed by atoms with Crippen LogP contribution in [-0.4, -0.2) is 40.0 Å². The summed E-state index contributed by atoms with van der Waals surface area (Å²) in [5.41, 5.74) is -0.583. The zero-order valence-electron chi connectivity index (χ0n) is 10.3. The van der Waals surface area contributed by atoms with Crippen molar-refractivity contribution in [2.45, 2.75) is 24.2 Å². The quantitative estimate of drug-likeness (QED) is 0.693. The van der Waals surface area contributed by atoms with Crippen molar-refractivity contribution < 1.29 is 17.9 Å². The van der Waals surface area contributed by atoms with Crippen molar-refractivity contribution in [3.05, 3.63) is 28.7 Å². The second-order valence-electron chi connectivity index (χ2n) is 3.62. The molecule has 0 spiro atoms. The molecule has 0 amide bonds. The zero-order chi connectivity index (χ0) is 13.8. The molecule has 0 aromatic carbocycles. The van der Waals surface area contributed by atoms with Crippen molar-refractivity contribution in [3.63, 3.8) is 0 Å². The van der Waals surface area contributed by atoms with Gasteiger partial charge in [0.25, 0.3) is 0 Å². The molecule has 1 rings (SSSR count). The van der Waals surface area contributed by atoms with Gasteiger partial charge in [-0.1, -0.05) is 0 Å². The number of aromatic amines is 1. The van der Waals surface area contributed by atoms with Crippen molar-refractivity contribution in [3.8, 4) is 0 Å². The molecule has 1 heterocycles. The topological polar surface area (TPSA) is 97.5 Å². The highest BCUT2D eigenvalue weighted by Crippen LogP contribution is 2.05. The molecule has 0 aliphatic rings. The summed E-state index contributed by atoms with van der Waals surface area (Å²) in [6, 6.07) is 0.508. The van der Waals surface area contributed by atoms with Gasteiger partial charge in [0.15, 0.2) is 6.29 Å². The molecular formula is C10H16N2O5S. The number of sulfonamides is 1. The van der Waals surface area contributed by atoms with Crippen LogP contribution in [0, 0.1) is 0 Å². The number of aromatic nitrogens is 1. The summed E-state index contributed by atoms with van der Waals surface area (Å²) in [7, 11) is -1.11. The van der Waals surface area contributed by atoms with E-state index in [1.54, 1.807) is 6.92 Å². The number of ether oxygens (including phenoxy) is 2. The van der Waals surface area contributed by atoms with E-state index in [1.165, 1.54) is 20.4 Å². The first-order valence-corrected chi connectivity index (χ1v) is 6.65. The lowest BCUT2D eigenvalue weighted by atomic mass is 10.3. The predicted molar refractivity (Wildman–Crippen MR) is 64.7 cm³/mol. The third-order valence-electron chi connectivity index (χ3n) is 2.29. The zero-order valence-corrected chi connectivity index (χ0v) is 11.2. The molecule has 0 bridgehead atoms. The molecule has 8 heteroatoms. The summed E-state index contributed by atoms with van der Waals surface area (Å²) in [6.45, 7) is 1.58. The van der Waals surface area contributed by atoms with Crippen molar-refractivity contribution in [1.29, 1.82) is 0 Å². The predicted octanol–water partition coefficient (Wildman–Crippen LogP) is -0.339. The molecule has 0 saturated heterocycles. The van der Waals surface area contributed by atoms with Crippen LogP contribution in [0.2, 0.25) is 0 Å². The van der Waals surface area contributed by atoms with E-state index in [9.17, 15) is 13.2 Å². The van der Waals surface area contributed by atoms with Crippen molar-refractivity contribution in [2.24, 2.45) is 0 Å². The van der Waals surface area contributed by atoms with Crippen molar-refractivity contribution in [1.82, 2.24) is 9.71 Å². The van der Waals surface area contributed by atoms with Gasteiger partial charge >= 0.3 is 0 Å². The highest BCUT2D eigenvalue weighted by molar-refractivity contribution is 7.89. The van der Waals surface area contributed by atoms with Crippen molar-refractivity contribution in [2.75, 3.05) is 14.2 Å². The average molecular weight is 276 g/mol. The number of hydrogen-bond acceptors (Lipinski definition) is 5. The van der Waals surface area contributed by atoms with Gasteiger partial charge in [0.1, 0.15) is 4.90 Å². The van der Waals surface area contributed by atoms with Crippen LogP contribution in [0.5, 0.6) is 0 Å².